The van der Waals surface area contributed by atoms with Crippen LogP contribution in [0.15, 0.2) is 132 Å². The van der Waals surface area contributed by atoms with Crippen LogP contribution in [0.1, 0.15) is 60.1 Å². The van der Waals surface area contributed by atoms with E-state index >= 15 is 0 Å². The van der Waals surface area contributed by atoms with E-state index in [0.29, 0.717) is 21.6 Å². The number of carboxylic acid groups (broad SMARTS) is 1. The zero-order valence-corrected chi connectivity index (χ0v) is 33.4. The molecule has 10 rings (SSSR count). The van der Waals surface area contributed by atoms with Crippen molar-refractivity contribution in [2.45, 2.75) is 49.6 Å². The van der Waals surface area contributed by atoms with E-state index in [-0.39, 0.29) is 16.8 Å². The van der Waals surface area contributed by atoms with Crippen molar-refractivity contribution in [1.29, 1.82) is 0 Å². The molecule has 8 aromatic rings. The number of fused-ring (bicyclic) bond motifs is 2. The van der Waals surface area contributed by atoms with Crippen LogP contribution >= 0.6 is 15.9 Å². The van der Waals surface area contributed by atoms with Crippen LogP contribution in [0.25, 0.3) is 56.3 Å². The molecule has 0 bridgehead atoms. The molecule has 5 N–H and O–H groups in total. The fourth-order valence-corrected chi connectivity index (χ4v) is 8.26. The monoisotopic (exact) mass is 832 g/mol. The molecule has 12 heteroatoms. The van der Waals surface area contributed by atoms with Crippen molar-refractivity contribution < 1.29 is 14.6 Å². The van der Waals surface area contributed by atoms with Gasteiger partial charge in [0.05, 0.1) is 18.5 Å². The van der Waals surface area contributed by atoms with Crippen LogP contribution in [-0.2, 0) is 11.1 Å². The zero-order chi connectivity index (χ0) is 40.0. The molecular weight excluding hydrogens is 792 g/mol. The van der Waals surface area contributed by atoms with Crippen LogP contribution in [0.5, 0.6) is 5.75 Å². The smallest absolute Gasteiger partial charge is 0.356 e. The fourth-order valence-electron chi connectivity index (χ4n) is 7.89. The van der Waals surface area contributed by atoms with E-state index in [0.717, 1.165) is 76.3 Å². The van der Waals surface area contributed by atoms with Gasteiger partial charge in [0.15, 0.2) is 22.7 Å². The minimum Gasteiger partial charge on any atom is -0.493 e. The number of halogens is 1. The van der Waals surface area contributed by atoms with Gasteiger partial charge in [-0.05, 0) is 77.7 Å². The second kappa shape index (κ2) is 14.9. The first-order valence-electron chi connectivity index (χ1n) is 19.3. The van der Waals surface area contributed by atoms with Gasteiger partial charge >= 0.3 is 5.97 Å². The summed E-state index contributed by atoms with van der Waals surface area (Å²) in [7, 11) is 1.65. The number of ether oxygens (including phenoxy) is 1. The highest BCUT2D eigenvalue weighted by atomic mass is 79.9. The van der Waals surface area contributed by atoms with Gasteiger partial charge in [-0.25, -0.2) is 23.8 Å². The maximum Gasteiger partial charge on any atom is 0.356 e. The quantitative estimate of drug-likeness (QED) is 0.136. The molecule has 2 fully saturated rings. The summed E-state index contributed by atoms with van der Waals surface area (Å²) in [5.41, 5.74) is 23.4. The lowest BCUT2D eigenvalue weighted by Crippen LogP contribution is -2.43. The van der Waals surface area contributed by atoms with Gasteiger partial charge in [-0.3, -0.25) is 0 Å². The highest BCUT2D eigenvalue weighted by molar-refractivity contribution is 9.10. The number of rotatable bonds is 8. The largest absolute Gasteiger partial charge is 0.493 e. The molecule has 0 amide bonds. The predicted octanol–water partition coefficient (Wildman–Crippen LogP) is 9.27. The van der Waals surface area contributed by atoms with Crippen molar-refractivity contribution in [3.63, 3.8) is 0 Å². The lowest BCUT2D eigenvalue weighted by atomic mass is 9.72. The number of aromatic carboxylic acids is 1. The number of benzene rings is 4. The number of carboxylic acids is 1. The average molecular weight is 834 g/mol. The van der Waals surface area contributed by atoms with E-state index in [4.69, 9.17) is 26.2 Å². The standard InChI is InChI=1S/C23H21BrN4O.C23H20N4O2/c1-29-18-14-19(24)27-28-21(16-6-3-2-4-7-16)20(26-22(18)28)15-8-10-17(11-9-15)23(25)12-5-13-23;24-23(13-4-14-23)17-9-7-15(8-10-17)20-21(16-5-2-1-3-6-16)27-19(25-20)12-11-18(26-27)22(28)29/h2-4,6-11,14H,5,12-13,25H2,1H3;1-3,5-12H,4,13-14,24H2,(H,28,29). The third-order valence-electron chi connectivity index (χ3n) is 11.5. The van der Waals surface area contributed by atoms with Crippen LogP contribution in [0, 0.1) is 0 Å². The Hall–Kier alpha value is -6.21. The van der Waals surface area contributed by atoms with Crippen molar-refractivity contribution in [3.05, 3.63) is 149 Å². The zero-order valence-electron chi connectivity index (χ0n) is 31.8. The molecule has 4 aromatic carbocycles. The third-order valence-corrected chi connectivity index (χ3v) is 11.9. The second-order valence-corrected chi connectivity index (χ2v) is 15.9. The maximum absolute atomic E-state index is 11.4. The van der Waals surface area contributed by atoms with Crippen molar-refractivity contribution in [2.75, 3.05) is 7.11 Å². The third kappa shape index (κ3) is 6.72. The van der Waals surface area contributed by atoms with Crippen molar-refractivity contribution in [2.24, 2.45) is 11.5 Å². The first kappa shape index (κ1) is 37.4. The molecule has 2 aliphatic rings. The Morgan fingerprint density at radius 1 is 0.655 bits per heavy atom. The van der Waals surface area contributed by atoms with E-state index in [1.807, 2.05) is 71.2 Å². The first-order chi connectivity index (χ1) is 28.1. The van der Waals surface area contributed by atoms with Gasteiger partial charge in [0, 0.05) is 39.4 Å². The number of hydrogen-bond acceptors (Lipinski definition) is 8. The number of aromatic nitrogens is 6. The summed E-state index contributed by atoms with van der Waals surface area (Å²) in [5.74, 6) is -0.401. The Morgan fingerprint density at radius 2 is 1.16 bits per heavy atom. The van der Waals surface area contributed by atoms with E-state index < -0.39 is 5.97 Å². The minimum atomic E-state index is -1.07. The molecule has 290 valence electrons. The molecule has 0 saturated heterocycles. The van der Waals surface area contributed by atoms with E-state index in [1.54, 1.807) is 17.7 Å². The number of hydrogen-bond donors (Lipinski definition) is 3. The number of imidazole rings is 2. The van der Waals surface area contributed by atoms with Crippen LogP contribution in [0.3, 0.4) is 0 Å². The molecule has 2 aliphatic carbocycles. The van der Waals surface area contributed by atoms with Gasteiger partial charge in [0.25, 0.3) is 0 Å². The van der Waals surface area contributed by atoms with Crippen molar-refractivity contribution >= 4 is 33.2 Å². The summed E-state index contributed by atoms with van der Waals surface area (Å²) in [6.07, 6.45) is 6.48. The number of nitrogens with two attached hydrogens (primary N) is 2. The lowest BCUT2D eigenvalue weighted by molar-refractivity contribution is 0.0689. The Morgan fingerprint density at radius 3 is 1.62 bits per heavy atom. The van der Waals surface area contributed by atoms with Gasteiger partial charge in [-0.2, -0.15) is 10.2 Å². The molecule has 0 spiro atoms. The molecule has 4 aromatic heterocycles. The summed E-state index contributed by atoms with van der Waals surface area (Å²) in [6, 6.07) is 41.6. The summed E-state index contributed by atoms with van der Waals surface area (Å²) < 4.78 is 9.71. The maximum atomic E-state index is 11.4. The van der Waals surface area contributed by atoms with Gasteiger partial charge in [0.1, 0.15) is 16.0 Å². The van der Waals surface area contributed by atoms with Gasteiger partial charge in [0.2, 0.25) is 0 Å². The van der Waals surface area contributed by atoms with E-state index in [1.165, 1.54) is 24.5 Å². The highest BCUT2D eigenvalue weighted by Crippen LogP contribution is 2.42. The predicted molar refractivity (Wildman–Crippen MR) is 228 cm³/mol. The van der Waals surface area contributed by atoms with Crippen LogP contribution in [0.2, 0.25) is 0 Å². The summed E-state index contributed by atoms with van der Waals surface area (Å²) in [6.45, 7) is 0. The second-order valence-electron chi connectivity index (χ2n) is 15.1. The Kier molecular flexibility index (Phi) is 9.63. The number of nitrogens with zero attached hydrogens (tertiary/aromatic N) is 6. The van der Waals surface area contributed by atoms with Crippen molar-refractivity contribution in [3.8, 4) is 50.8 Å². The summed E-state index contributed by atoms with van der Waals surface area (Å²) in [4.78, 5) is 21.1. The summed E-state index contributed by atoms with van der Waals surface area (Å²) >= 11 is 3.49. The number of carbonyl (C=O) groups is 1. The molecule has 0 unspecified atom stereocenters. The van der Waals surface area contributed by atoms with Gasteiger partial charge < -0.3 is 21.3 Å². The van der Waals surface area contributed by atoms with Crippen LogP contribution < -0.4 is 16.2 Å². The van der Waals surface area contributed by atoms with Crippen LogP contribution in [0.4, 0.5) is 0 Å². The molecule has 2 saturated carbocycles. The minimum absolute atomic E-state index is 0.0240. The molecule has 0 aliphatic heterocycles. The van der Waals surface area contributed by atoms with E-state index in [9.17, 15) is 9.90 Å². The molecule has 0 radical (unpaired) electrons. The Balaban J connectivity index is 0.000000150. The highest BCUT2D eigenvalue weighted by Gasteiger charge is 2.35. The first-order valence-corrected chi connectivity index (χ1v) is 20.1. The molecule has 0 atom stereocenters. The van der Waals surface area contributed by atoms with E-state index in [2.05, 4.69) is 74.7 Å². The van der Waals surface area contributed by atoms with Crippen molar-refractivity contribution in [1.82, 2.24) is 29.2 Å². The van der Waals surface area contributed by atoms with Crippen LogP contribution in [-0.4, -0.2) is 47.4 Å². The van der Waals surface area contributed by atoms with Gasteiger partial charge in [-0.15, -0.1) is 0 Å². The fraction of sp³-hybridized carbons (Fsp3) is 0.196. The number of methoxy groups -OCH3 is 1. The topological polar surface area (TPSA) is 159 Å². The molecule has 58 heavy (non-hydrogen) atoms. The molecule has 4 heterocycles. The molecule has 11 nitrogen and oxygen atoms in total. The Bertz CT molecular complexity index is 2780. The molecular formula is C46H41BrN8O3. The lowest BCUT2D eigenvalue weighted by Gasteiger charge is -2.38. The Labute approximate surface area is 343 Å². The SMILES string of the molecule is COc1cc(Br)nn2c(-c3ccccc3)c(-c3ccc(C4(N)CCC4)cc3)nc12.NC1(c2ccc(-c3nc4ccc(C(=O)O)nn4c3-c3ccccc3)cc2)CCC1. The average Bonchev–Trinajstić information content (AvgIpc) is 3.81. The van der Waals surface area contributed by atoms with Gasteiger partial charge in [-0.1, -0.05) is 109 Å². The summed E-state index contributed by atoms with van der Waals surface area (Å²) in [5, 5.41) is 18.3. The normalized spacial score (nSPS) is 15.2.